The second-order valence-corrected chi connectivity index (χ2v) is 3.27. The molecule has 0 heterocycles. The number of likely N-dealkylation sites (N-methyl/N-ethyl adjacent to an activating group) is 1. The van der Waals surface area contributed by atoms with Crippen LogP contribution >= 0.6 is 11.9 Å². The van der Waals surface area contributed by atoms with Crippen LogP contribution in [0.4, 0.5) is 0 Å². The zero-order valence-electron chi connectivity index (χ0n) is 7.12. The van der Waals surface area contributed by atoms with Crippen molar-refractivity contribution in [2.45, 2.75) is 19.4 Å². The summed E-state index contributed by atoms with van der Waals surface area (Å²) >= 11 is 1.56. The third-order valence-electron chi connectivity index (χ3n) is 1.60. The number of nitrogens with one attached hydrogen (secondary N) is 2. The van der Waals surface area contributed by atoms with Crippen molar-refractivity contribution in [3.63, 3.8) is 0 Å². The molecule has 0 saturated heterocycles. The maximum absolute atomic E-state index is 3.89. The molecule has 0 aliphatic rings. The molecule has 3 heteroatoms. The van der Waals surface area contributed by atoms with E-state index >= 15 is 0 Å². The largest absolute Gasteiger partial charge is 0.332 e. The zero-order chi connectivity index (χ0) is 8.20. The molecule has 0 amide bonds. The summed E-state index contributed by atoms with van der Waals surface area (Å²) in [6.45, 7) is 8.06. The summed E-state index contributed by atoms with van der Waals surface area (Å²) in [6, 6.07) is 0. The molecule has 0 atom stereocenters. The lowest BCUT2D eigenvalue weighted by molar-refractivity contribution is 0.487. The van der Waals surface area contributed by atoms with Crippen LogP contribution in [0.2, 0.25) is 0 Å². The molecule has 0 spiro atoms. The predicted molar refractivity (Wildman–Crippen MR) is 48.9 cm³/mol. The SMILES string of the molecule is C=C(NSC)C(C)(C)NC. The highest BCUT2D eigenvalue weighted by Crippen LogP contribution is 2.11. The standard InChI is InChI=1S/C7H16N2S/c1-6(9-10-5)7(2,3)8-4/h8-9H,1H2,2-5H3. The first-order chi connectivity index (χ1) is 4.54. The maximum atomic E-state index is 3.89. The second-order valence-electron chi connectivity index (χ2n) is 2.66. The quantitative estimate of drug-likeness (QED) is 0.607. The lowest BCUT2D eigenvalue weighted by Crippen LogP contribution is -2.41. The molecular formula is C7H16N2S. The van der Waals surface area contributed by atoms with Crippen LogP contribution < -0.4 is 10.0 Å². The third kappa shape index (κ3) is 2.62. The lowest BCUT2D eigenvalue weighted by atomic mass is 10.0. The van der Waals surface area contributed by atoms with Crippen molar-refractivity contribution in [1.82, 2.24) is 10.0 Å². The Morgan fingerprint density at radius 3 is 2.30 bits per heavy atom. The summed E-state index contributed by atoms with van der Waals surface area (Å²) in [5.74, 6) is 0. The molecule has 0 aliphatic heterocycles. The molecule has 2 nitrogen and oxygen atoms in total. The molecule has 0 unspecified atom stereocenters. The van der Waals surface area contributed by atoms with Crippen LogP contribution in [-0.4, -0.2) is 18.8 Å². The topological polar surface area (TPSA) is 24.1 Å². The van der Waals surface area contributed by atoms with Gasteiger partial charge >= 0.3 is 0 Å². The average Bonchev–Trinajstić information content (AvgIpc) is 1.89. The summed E-state index contributed by atoms with van der Waals surface area (Å²) in [7, 11) is 1.92. The molecule has 0 aliphatic carbocycles. The lowest BCUT2D eigenvalue weighted by Gasteiger charge is -2.26. The first-order valence-corrected chi connectivity index (χ1v) is 4.44. The normalized spacial score (nSPS) is 11.2. The molecule has 10 heavy (non-hydrogen) atoms. The monoisotopic (exact) mass is 160 g/mol. The van der Waals surface area contributed by atoms with Gasteiger partial charge in [0.2, 0.25) is 0 Å². The molecule has 0 aromatic heterocycles. The van der Waals surface area contributed by atoms with Gasteiger partial charge in [-0.25, -0.2) is 0 Å². The van der Waals surface area contributed by atoms with Crippen molar-refractivity contribution in [1.29, 1.82) is 0 Å². The molecule has 0 aromatic carbocycles. The number of hydrogen-bond acceptors (Lipinski definition) is 3. The Morgan fingerprint density at radius 1 is 1.50 bits per heavy atom. The smallest absolute Gasteiger partial charge is 0.0525 e. The minimum atomic E-state index is -0.0248. The summed E-state index contributed by atoms with van der Waals surface area (Å²) in [5, 5.41) is 3.15. The van der Waals surface area contributed by atoms with E-state index in [2.05, 4.69) is 30.5 Å². The van der Waals surface area contributed by atoms with Gasteiger partial charge in [0.25, 0.3) is 0 Å². The Bertz CT molecular complexity index is 121. The fourth-order valence-electron chi connectivity index (χ4n) is 0.402. The van der Waals surface area contributed by atoms with Crippen LogP contribution in [-0.2, 0) is 0 Å². The molecule has 0 radical (unpaired) electrons. The third-order valence-corrected chi connectivity index (χ3v) is 2.06. The van der Waals surface area contributed by atoms with Crippen molar-refractivity contribution >= 4 is 11.9 Å². The molecule has 0 rings (SSSR count). The second kappa shape index (κ2) is 3.88. The summed E-state index contributed by atoms with van der Waals surface area (Å²) in [4.78, 5) is 0. The van der Waals surface area contributed by atoms with E-state index in [1.165, 1.54) is 0 Å². The van der Waals surface area contributed by atoms with E-state index in [-0.39, 0.29) is 5.54 Å². The number of rotatable bonds is 4. The van der Waals surface area contributed by atoms with Gasteiger partial charge < -0.3 is 10.0 Å². The van der Waals surface area contributed by atoms with Gasteiger partial charge in [-0.15, -0.1) is 0 Å². The van der Waals surface area contributed by atoms with E-state index < -0.39 is 0 Å². The Balaban J connectivity index is 3.91. The Morgan fingerprint density at radius 2 is 2.00 bits per heavy atom. The fourth-order valence-corrected chi connectivity index (χ4v) is 0.903. The predicted octanol–water partition coefficient (Wildman–Crippen LogP) is 1.37. The summed E-state index contributed by atoms with van der Waals surface area (Å²) < 4.78 is 3.10. The molecule has 60 valence electrons. The van der Waals surface area contributed by atoms with Crippen LogP contribution in [0.25, 0.3) is 0 Å². The van der Waals surface area contributed by atoms with Gasteiger partial charge in [-0.1, -0.05) is 18.5 Å². The van der Waals surface area contributed by atoms with Crippen LogP contribution in [0.1, 0.15) is 13.8 Å². The first-order valence-electron chi connectivity index (χ1n) is 3.22. The highest BCUT2D eigenvalue weighted by Gasteiger charge is 2.17. The zero-order valence-corrected chi connectivity index (χ0v) is 7.93. The average molecular weight is 160 g/mol. The van der Waals surface area contributed by atoms with E-state index in [0.29, 0.717) is 0 Å². The molecular weight excluding hydrogens is 144 g/mol. The molecule has 2 N–H and O–H groups in total. The summed E-state index contributed by atoms with van der Waals surface area (Å²) in [6.07, 6.45) is 1.98. The van der Waals surface area contributed by atoms with Gasteiger partial charge in [-0.05, 0) is 20.9 Å². The van der Waals surface area contributed by atoms with Crippen molar-refractivity contribution < 1.29 is 0 Å². The van der Waals surface area contributed by atoms with Crippen LogP contribution in [0, 0.1) is 0 Å². The minimum absolute atomic E-state index is 0.0248. The van der Waals surface area contributed by atoms with Gasteiger partial charge in [-0.2, -0.15) is 0 Å². The van der Waals surface area contributed by atoms with Crippen LogP contribution in [0.3, 0.4) is 0 Å². The highest BCUT2D eigenvalue weighted by atomic mass is 32.2. The Labute approximate surface area is 67.6 Å². The maximum Gasteiger partial charge on any atom is 0.0525 e. The fraction of sp³-hybridized carbons (Fsp3) is 0.714. The van der Waals surface area contributed by atoms with Gasteiger partial charge in [0.05, 0.1) is 5.54 Å². The van der Waals surface area contributed by atoms with E-state index in [0.717, 1.165) is 5.70 Å². The Kier molecular flexibility index (Phi) is 3.83. The van der Waals surface area contributed by atoms with E-state index in [1.807, 2.05) is 13.3 Å². The first kappa shape index (κ1) is 9.85. The van der Waals surface area contributed by atoms with Crippen LogP contribution in [0.5, 0.6) is 0 Å². The van der Waals surface area contributed by atoms with E-state index in [4.69, 9.17) is 0 Å². The van der Waals surface area contributed by atoms with Gasteiger partial charge in [0.15, 0.2) is 0 Å². The molecule has 0 aromatic rings. The molecule has 0 bridgehead atoms. The number of hydrogen-bond donors (Lipinski definition) is 2. The van der Waals surface area contributed by atoms with E-state index in [9.17, 15) is 0 Å². The Hall–Kier alpha value is -0.150. The van der Waals surface area contributed by atoms with Gasteiger partial charge in [0.1, 0.15) is 0 Å². The molecule has 0 fully saturated rings. The van der Waals surface area contributed by atoms with Gasteiger partial charge in [-0.3, -0.25) is 0 Å². The summed E-state index contributed by atoms with van der Waals surface area (Å²) in [5.41, 5.74) is 0.978. The van der Waals surface area contributed by atoms with Crippen molar-refractivity contribution in [2.75, 3.05) is 13.3 Å². The van der Waals surface area contributed by atoms with Crippen molar-refractivity contribution in [3.05, 3.63) is 12.3 Å². The van der Waals surface area contributed by atoms with Crippen molar-refractivity contribution in [2.24, 2.45) is 0 Å². The highest BCUT2D eigenvalue weighted by molar-refractivity contribution is 7.96. The van der Waals surface area contributed by atoms with Crippen molar-refractivity contribution in [3.8, 4) is 0 Å². The van der Waals surface area contributed by atoms with E-state index in [1.54, 1.807) is 11.9 Å². The molecule has 0 saturated carbocycles. The minimum Gasteiger partial charge on any atom is -0.332 e. The van der Waals surface area contributed by atoms with Gasteiger partial charge in [0, 0.05) is 12.0 Å². The van der Waals surface area contributed by atoms with Crippen LogP contribution in [0.15, 0.2) is 12.3 Å².